The van der Waals surface area contributed by atoms with Gasteiger partial charge in [-0.05, 0) is 33.0 Å². The lowest BCUT2D eigenvalue weighted by Crippen LogP contribution is -2.43. The molecule has 0 saturated heterocycles. The van der Waals surface area contributed by atoms with E-state index in [0.29, 0.717) is 6.42 Å². The Morgan fingerprint density at radius 2 is 1.52 bits per heavy atom. The SMILES string of the molecule is C=C(C)C(=O)ONC(CCCCCCCCCC)C(=O)O[Si](C)(C)C. The lowest BCUT2D eigenvalue weighted by Gasteiger charge is -2.23. The number of carbonyl (C=O) groups is 2. The Balaban J connectivity index is 4.27. The van der Waals surface area contributed by atoms with Gasteiger partial charge in [0.05, 0.1) is 0 Å². The van der Waals surface area contributed by atoms with Gasteiger partial charge in [-0.15, -0.1) is 5.48 Å². The predicted octanol–water partition coefficient (Wildman–Crippen LogP) is 4.89. The fourth-order valence-corrected chi connectivity index (χ4v) is 3.04. The second kappa shape index (κ2) is 13.1. The summed E-state index contributed by atoms with van der Waals surface area (Å²) < 4.78 is 5.54. The molecule has 0 spiro atoms. The van der Waals surface area contributed by atoms with E-state index in [1.165, 1.54) is 38.5 Å². The van der Waals surface area contributed by atoms with Crippen LogP contribution < -0.4 is 5.48 Å². The Morgan fingerprint density at radius 1 is 1.00 bits per heavy atom. The Morgan fingerprint density at radius 3 is 2.00 bits per heavy atom. The molecule has 0 aromatic heterocycles. The fraction of sp³-hybridized carbons (Fsp3) is 0.789. The zero-order valence-electron chi connectivity index (χ0n) is 16.8. The van der Waals surface area contributed by atoms with Crippen molar-refractivity contribution in [2.24, 2.45) is 0 Å². The van der Waals surface area contributed by atoms with E-state index in [2.05, 4.69) is 19.0 Å². The third-order valence-electron chi connectivity index (χ3n) is 3.68. The quantitative estimate of drug-likeness (QED) is 0.204. The topological polar surface area (TPSA) is 64.6 Å². The van der Waals surface area contributed by atoms with Crippen LogP contribution in [0.4, 0.5) is 0 Å². The van der Waals surface area contributed by atoms with Gasteiger partial charge in [0, 0.05) is 5.57 Å². The van der Waals surface area contributed by atoms with E-state index in [1.54, 1.807) is 6.92 Å². The molecule has 0 aliphatic rings. The Kier molecular flexibility index (Phi) is 12.5. The summed E-state index contributed by atoms with van der Waals surface area (Å²) in [6.45, 7) is 13.2. The maximum atomic E-state index is 12.3. The first-order valence-corrected chi connectivity index (χ1v) is 12.9. The monoisotopic (exact) mass is 371 g/mol. The molecule has 0 amide bonds. The minimum atomic E-state index is -1.98. The number of unbranched alkanes of at least 4 members (excludes halogenated alkanes) is 7. The van der Waals surface area contributed by atoms with Gasteiger partial charge in [0.1, 0.15) is 6.04 Å². The number of hydroxylamine groups is 1. The fourth-order valence-electron chi connectivity index (χ4n) is 2.29. The normalized spacial score (nSPS) is 12.5. The highest BCUT2D eigenvalue weighted by atomic mass is 28.4. The lowest BCUT2D eigenvalue weighted by atomic mass is 10.1. The molecule has 0 saturated carbocycles. The summed E-state index contributed by atoms with van der Waals surface area (Å²) in [5.74, 6) is -0.890. The predicted molar refractivity (Wildman–Crippen MR) is 104 cm³/mol. The number of rotatable bonds is 14. The highest BCUT2D eigenvalue weighted by molar-refractivity contribution is 6.71. The van der Waals surface area contributed by atoms with E-state index in [1.807, 2.05) is 19.6 Å². The number of hydrogen-bond donors (Lipinski definition) is 1. The van der Waals surface area contributed by atoms with Crippen molar-refractivity contribution in [2.75, 3.05) is 0 Å². The number of nitrogens with one attached hydrogen (secondary N) is 1. The van der Waals surface area contributed by atoms with Crippen molar-refractivity contribution in [3.05, 3.63) is 12.2 Å². The first-order valence-electron chi connectivity index (χ1n) is 9.52. The molecule has 25 heavy (non-hydrogen) atoms. The molecule has 146 valence electrons. The Bertz CT molecular complexity index is 418. The van der Waals surface area contributed by atoms with Crippen LogP contribution in [-0.4, -0.2) is 26.3 Å². The standard InChI is InChI=1S/C19H37NO4Si/c1-7-8-9-10-11-12-13-14-15-17(19(22)24-25(4,5)6)20-23-18(21)16(2)3/h17,20H,2,7-15H2,1,3-6H3. The third kappa shape index (κ3) is 13.8. The van der Waals surface area contributed by atoms with Crippen molar-refractivity contribution in [1.29, 1.82) is 0 Å². The number of hydrogen-bond acceptors (Lipinski definition) is 5. The molecule has 0 aliphatic carbocycles. The zero-order valence-corrected chi connectivity index (χ0v) is 17.8. The van der Waals surface area contributed by atoms with E-state index in [4.69, 9.17) is 9.26 Å². The maximum Gasteiger partial charge on any atom is 0.351 e. The minimum Gasteiger partial charge on any atom is -0.519 e. The van der Waals surface area contributed by atoms with Crippen LogP contribution in [0.3, 0.4) is 0 Å². The van der Waals surface area contributed by atoms with Gasteiger partial charge in [0.25, 0.3) is 0 Å². The molecule has 1 N–H and O–H groups in total. The summed E-state index contributed by atoms with van der Waals surface area (Å²) in [4.78, 5) is 28.8. The Labute approximate surface area is 154 Å². The van der Waals surface area contributed by atoms with Gasteiger partial charge in [-0.1, -0.05) is 64.9 Å². The summed E-state index contributed by atoms with van der Waals surface area (Å²) in [6, 6.07) is -0.616. The van der Waals surface area contributed by atoms with Gasteiger partial charge in [-0.3, -0.25) is 4.79 Å². The molecule has 5 nitrogen and oxygen atoms in total. The van der Waals surface area contributed by atoms with E-state index in [-0.39, 0.29) is 11.5 Å². The molecule has 0 rings (SSSR count). The van der Waals surface area contributed by atoms with Crippen molar-refractivity contribution in [2.45, 2.75) is 97.3 Å². The molecule has 1 unspecified atom stereocenters. The second-order valence-corrected chi connectivity index (χ2v) is 12.1. The average Bonchev–Trinajstić information content (AvgIpc) is 2.50. The third-order valence-corrected chi connectivity index (χ3v) is 4.49. The molecule has 1 atom stereocenters. The summed E-state index contributed by atoms with van der Waals surface area (Å²) in [7, 11) is -1.98. The van der Waals surface area contributed by atoms with Crippen molar-refractivity contribution in [3.8, 4) is 0 Å². The van der Waals surface area contributed by atoms with Gasteiger partial charge in [0.15, 0.2) is 0 Å². The van der Waals surface area contributed by atoms with Crippen molar-refractivity contribution >= 4 is 20.3 Å². The lowest BCUT2D eigenvalue weighted by molar-refractivity contribution is -0.153. The van der Waals surface area contributed by atoms with E-state index in [9.17, 15) is 9.59 Å². The van der Waals surface area contributed by atoms with Crippen molar-refractivity contribution < 1.29 is 18.9 Å². The molecule has 0 aliphatic heterocycles. The van der Waals surface area contributed by atoms with Crippen molar-refractivity contribution in [1.82, 2.24) is 5.48 Å². The molecule has 0 aromatic carbocycles. The molecule has 6 heteroatoms. The van der Waals surface area contributed by atoms with Gasteiger partial charge in [-0.25, -0.2) is 4.79 Å². The molecular weight excluding hydrogens is 334 g/mol. The van der Waals surface area contributed by atoms with Gasteiger partial charge in [-0.2, -0.15) is 0 Å². The Hall–Kier alpha value is -1.14. The largest absolute Gasteiger partial charge is 0.519 e. The van der Waals surface area contributed by atoms with Crippen LogP contribution in [0.5, 0.6) is 0 Å². The van der Waals surface area contributed by atoms with Crippen LogP contribution in [0.25, 0.3) is 0 Å². The molecule has 0 heterocycles. The van der Waals surface area contributed by atoms with Crippen LogP contribution in [0, 0.1) is 0 Å². The van der Waals surface area contributed by atoms with Crippen LogP contribution in [0.2, 0.25) is 19.6 Å². The van der Waals surface area contributed by atoms with Crippen LogP contribution in [0.1, 0.15) is 71.6 Å². The average molecular weight is 372 g/mol. The molecule has 0 fully saturated rings. The van der Waals surface area contributed by atoms with Gasteiger partial charge < -0.3 is 9.26 Å². The van der Waals surface area contributed by atoms with Crippen LogP contribution in [0.15, 0.2) is 12.2 Å². The highest BCUT2D eigenvalue weighted by Crippen LogP contribution is 2.13. The second-order valence-electron chi connectivity index (χ2n) is 7.64. The minimum absolute atomic E-state index is 0.289. The molecule has 0 radical (unpaired) electrons. The van der Waals surface area contributed by atoms with Crippen LogP contribution in [-0.2, 0) is 18.9 Å². The smallest absolute Gasteiger partial charge is 0.351 e. The van der Waals surface area contributed by atoms with E-state index >= 15 is 0 Å². The number of carbonyl (C=O) groups excluding carboxylic acids is 2. The summed E-state index contributed by atoms with van der Waals surface area (Å²) in [5, 5.41) is 0. The molecular formula is C19H37NO4Si. The van der Waals surface area contributed by atoms with Gasteiger partial charge in [0.2, 0.25) is 8.32 Å². The van der Waals surface area contributed by atoms with E-state index < -0.39 is 20.3 Å². The zero-order chi connectivity index (χ0) is 19.3. The first-order chi connectivity index (χ1) is 11.7. The van der Waals surface area contributed by atoms with Crippen LogP contribution >= 0.6 is 0 Å². The summed E-state index contributed by atoms with van der Waals surface area (Å²) in [5.41, 5.74) is 2.87. The maximum absolute atomic E-state index is 12.3. The summed E-state index contributed by atoms with van der Waals surface area (Å²) >= 11 is 0. The summed E-state index contributed by atoms with van der Waals surface area (Å²) in [6.07, 6.45) is 10.1. The molecule has 0 bridgehead atoms. The van der Waals surface area contributed by atoms with E-state index in [0.717, 1.165) is 12.8 Å². The first kappa shape index (κ1) is 23.9. The van der Waals surface area contributed by atoms with Gasteiger partial charge >= 0.3 is 11.9 Å². The molecule has 0 aromatic rings. The highest BCUT2D eigenvalue weighted by Gasteiger charge is 2.27. The van der Waals surface area contributed by atoms with Crippen molar-refractivity contribution in [3.63, 3.8) is 0 Å².